The molecule has 0 bridgehead atoms. The number of halogens is 1. The average molecular weight is 287 g/mol. The number of aliphatic hydroxyl groups is 2. The summed E-state index contributed by atoms with van der Waals surface area (Å²) in [6.45, 7) is 3.11. The molecule has 0 unspecified atom stereocenters. The Bertz CT molecular complexity index is 364. The molecule has 0 radical (unpaired) electrons. The number of hydrogen-bond acceptors (Lipinski definition) is 3. The summed E-state index contributed by atoms with van der Waals surface area (Å²) in [6.07, 6.45) is 2.70. The molecule has 0 saturated carbocycles. The van der Waals surface area contributed by atoms with E-state index >= 15 is 0 Å². The molecular weight excluding hydrogens is 264 g/mol. The van der Waals surface area contributed by atoms with E-state index in [0.29, 0.717) is 18.1 Å². The fraction of sp³-hybridized carbons (Fsp3) is 0.600. The summed E-state index contributed by atoms with van der Waals surface area (Å²) in [4.78, 5) is 0. The maximum Gasteiger partial charge on any atom is 0.0550 e. The van der Waals surface area contributed by atoms with Crippen LogP contribution in [-0.4, -0.2) is 36.6 Å². The van der Waals surface area contributed by atoms with Crippen LogP contribution in [-0.2, 0) is 10.2 Å². The molecule has 0 fully saturated rings. The van der Waals surface area contributed by atoms with Gasteiger partial charge in [-0.3, -0.25) is 0 Å². The van der Waals surface area contributed by atoms with Gasteiger partial charge < -0.3 is 14.9 Å². The van der Waals surface area contributed by atoms with Crippen molar-refractivity contribution in [2.75, 3.05) is 26.4 Å². The van der Waals surface area contributed by atoms with Crippen molar-refractivity contribution in [3.8, 4) is 0 Å². The SMILES string of the molecule is CCCCOCCC(CO)(CO)c1cccc(Cl)c1. The largest absolute Gasteiger partial charge is 0.395 e. The first-order chi connectivity index (χ1) is 9.18. The second kappa shape index (κ2) is 8.54. The molecule has 0 aliphatic heterocycles. The summed E-state index contributed by atoms with van der Waals surface area (Å²) in [7, 11) is 0. The number of hydrogen-bond donors (Lipinski definition) is 2. The van der Waals surface area contributed by atoms with Gasteiger partial charge in [-0.05, 0) is 30.5 Å². The zero-order valence-corrected chi connectivity index (χ0v) is 12.2. The molecule has 19 heavy (non-hydrogen) atoms. The molecule has 108 valence electrons. The van der Waals surface area contributed by atoms with E-state index in [9.17, 15) is 10.2 Å². The topological polar surface area (TPSA) is 49.7 Å². The van der Waals surface area contributed by atoms with Crippen molar-refractivity contribution in [2.45, 2.75) is 31.6 Å². The first-order valence-electron chi connectivity index (χ1n) is 6.74. The van der Waals surface area contributed by atoms with Crippen LogP contribution in [0.2, 0.25) is 5.02 Å². The van der Waals surface area contributed by atoms with Gasteiger partial charge in [0.15, 0.2) is 0 Å². The van der Waals surface area contributed by atoms with Gasteiger partial charge in [0.2, 0.25) is 0 Å². The van der Waals surface area contributed by atoms with E-state index in [1.54, 1.807) is 12.1 Å². The van der Waals surface area contributed by atoms with Crippen molar-refractivity contribution >= 4 is 11.6 Å². The maximum atomic E-state index is 9.66. The lowest BCUT2D eigenvalue weighted by atomic mass is 9.79. The highest BCUT2D eigenvalue weighted by atomic mass is 35.5. The van der Waals surface area contributed by atoms with Crippen molar-refractivity contribution < 1.29 is 14.9 Å². The van der Waals surface area contributed by atoms with E-state index in [-0.39, 0.29) is 13.2 Å². The number of aliphatic hydroxyl groups excluding tert-OH is 2. The van der Waals surface area contributed by atoms with Crippen LogP contribution >= 0.6 is 11.6 Å². The summed E-state index contributed by atoms with van der Waals surface area (Å²) < 4.78 is 5.53. The Hall–Kier alpha value is -0.610. The van der Waals surface area contributed by atoms with E-state index in [0.717, 1.165) is 25.0 Å². The predicted molar refractivity (Wildman–Crippen MR) is 77.6 cm³/mol. The quantitative estimate of drug-likeness (QED) is 0.686. The van der Waals surface area contributed by atoms with Gasteiger partial charge in [-0.15, -0.1) is 0 Å². The third-order valence-corrected chi connectivity index (χ3v) is 3.64. The second-order valence-electron chi connectivity index (χ2n) is 4.82. The van der Waals surface area contributed by atoms with Crippen molar-refractivity contribution in [2.24, 2.45) is 0 Å². The molecule has 3 nitrogen and oxygen atoms in total. The Kier molecular flexibility index (Phi) is 7.39. The molecule has 0 aliphatic carbocycles. The Labute approximate surface area is 120 Å². The minimum Gasteiger partial charge on any atom is -0.395 e. The van der Waals surface area contributed by atoms with Crippen LogP contribution < -0.4 is 0 Å². The standard InChI is InChI=1S/C15H23ClO3/c1-2-3-8-19-9-7-15(11-17,12-18)13-5-4-6-14(16)10-13/h4-6,10,17-18H,2-3,7-9,11-12H2,1H3. The first kappa shape index (κ1) is 16.4. The summed E-state index contributed by atoms with van der Waals surface area (Å²) in [5.41, 5.74) is 0.168. The van der Waals surface area contributed by atoms with Gasteiger partial charge in [-0.2, -0.15) is 0 Å². The highest BCUT2D eigenvalue weighted by Gasteiger charge is 2.30. The van der Waals surface area contributed by atoms with Gasteiger partial charge in [-0.25, -0.2) is 0 Å². The maximum absolute atomic E-state index is 9.66. The van der Waals surface area contributed by atoms with E-state index in [4.69, 9.17) is 16.3 Å². The fourth-order valence-electron chi connectivity index (χ4n) is 1.97. The molecule has 0 heterocycles. The summed E-state index contributed by atoms with van der Waals surface area (Å²) in [5.74, 6) is 0. The average Bonchev–Trinajstić information content (AvgIpc) is 2.43. The Balaban J connectivity index is 2.68. The van der Waals surface area contributed by atoms with Gasteiger partial charge in [-0.1, -0.05) is 37.1 Å². The Morgan fingerprint density at radius 2 is 1.95 bits per heavy atom. The molecule has 4 heteroatoms. The zero-order chi connectivity index (χ0) is 14.1. The van der Waals surface area contributed by atoms with Gasteiger partial charge in [0.1, 0.15) is 0 Å². The highest BCUT2D eigenvalue weighted by Crippen LogP contribution is 2.29. The molecule has 0 saturated heterocycles. The molecule has 0 atom stereocenters. The van der Waals surface area contributed by atoms with Gasteiger partial charge in [0.05, 0.1) is 13.2 Å². The minimum atomic E-state index is -0.683. The normalized spacial score (nSPS) is 11.8. The monoisotopic (exact) mass is 286 g/mol. The van der Waals surface area contributed by atoms with Gasteiger partial charge >= 0.3 is 0 Å². The summed E-state index contributed by atoms with van der Waals surface area (Å²) >= 11 is 5.97. The minimum absolute atomic E-state index is 0.124. The van der Waals surface area contributed by atoms with Crippen LogP contribution in [0, 0.1) is 0 Å². The Morgan fingerprint density at radius 1 is 1.21 bits per heavy atom. The van der Waals surface area contributed by atoms with E-state index in [1.165, 1.54) is 0 Å². The highest BCUT2D eigenvalue weighted by molar-refractivity contribution is 6.30. The van der Waals surface area contributed by atoms with Crippen molar-refractivity contribution in [1.82, 2.24) is 0 Å². The van der Waals surface area contributed by atoms with Gasteiger partial charge in [0, 0.05) is 23.7 Å². The predicted octanol–water partition coefficient (Wildman–Crippen LogP) is 2.77. The van der Waals surface area contributed by atoms with Crippen LogP contribution in [0.25, 0.3) is 0 Å². The van der Waals surface area contributed by atoms with Crippen LogP contribution in [0.15, 0.2) is 24.3 Å². The van der Waals surface area contributed by atoms with Crippen LogP contribution in [0.3, 0.4) is 0 Å². The smallest absolute Gasteiger partial charge is 0.0550 e. The Morgan fingerprint density at radius 3 is 2.53 bits per heavy atom. The molecule has 0 amide bonds. The fourth-order valence-corrected chi connectivity index (χ4v) is 2.16. The lowest BCUT2D eigenvalue weighted by Crippen LogP contribution is -2.36. The van der Waals surface area contributed by atoms with Crippen molar-refractivity contribution in [3.05, 3.63) is 34.9 Å². The third-order valence-electron chi connectivity index (χ3n) is 3.41. The third kappa shape index (κ3) is 4.77. The van der Waals surface area contributed by atoms with E-state index in [2.05, 4.69) is 6.92 Å². The van der Waals surface area contributed by atoms with Crippen LogP contribution in [0.1, 0.15) is 31.7 Å². The number of unbranched alkanes of at least 4 members (excludes halogenated alkanes) is 1. The molecule has 1 aromatic carbocycles. The molecule has 0 aromatic heterocycles. The van der Waals surface area contributed by atoms with Crippen LogP contribution in [0.5, 0.6) is 0 Å². The molecular formula is C15H23ClO3. The molecule has 1 rings (SSSR count). The second-order valence-corrected chi connectivity index (χ2v) is 5.26. The summed E-state index contributed by atoms with van der Waals surface area (Å²) in [5, 5.41) is 19.9. The lowest BCUT2D eigenvalue weighted by molar-refractivity contribution is 0.0616. The molecule has 1 aromatic rings. The number of ether oxygens (including phenoxy) is 1. The molecule has 0 aliphatic rings. The van der Waals surface area contributed by atoms with E-state index in [1.807, 2.05) is 12.1 Å². The van der Waals surface area contributed by atoms with Crippen LogP contribution in [0.4, 0.5) is 0 Å². The summed E-state index contributed by atoms with van der Waals surface area (Å²) in [6, 6.07) is 7.28. The lowest BCUT2D eigenvalue weighted by Gasteiger charge is -2.30. The van der Waals surface area contributed by atoms with Gasteiger partial charge in [0.25, 0.3) is 0 Å². The first-order valence-corrected chi connectivity index (χ1v) is 7.12. The van der Waals surface area contributed by atoms with E-state index < -0.39 is 5.41 Å². The number of rotatable bonds is 9. The van der Waals surface area contributed by atoms with Crippen molar-refractivity contribution in [1.29, 1.82) is 0 Å². The molecule has 2 N–H and O–H groups in total. The molecule has 0 spiro atoms. The zero-order valence-electron chi connectivity index (χ0n) is 11.4. The number of benzene rings is 1. The van der Waals surface area contributed by atoms with Crippen molar-refractivity contribution in [3.63, 3.8) is 0 Å².